The lowest BCUT2D eigenvalue weighted by atomic mass is 9.55. The Hall–Kier alpha value is -5.69. The number of hydrogen-bond donors (Lipinski definition) is 2. The van der Waals surface area contributed by atoms with Crippen molar-refractivity contribution in [3.63, 3.8) is 0 Å². The van der Waals surface area contributed by atoms with Gasteiger partial charge < -0.3 is 43.6 Å². The molecule has 9 rings (SSSR count). The lowest BCUT2D eigenvalue weighted by Gasteiger charge is -2.60. The normalized spacial score (nSPS) is 24.0. The first kappa shape index (κ1) is 48.3. The predicted octanol–water partition coefficient (Wildman–Crippen LogP) is 11.0. The molecule has 6 atom stereocenters. The van der Waals surface area contributed by atoms with Crippen LogP contribution < -0.4 is 18.9 Å². The average Bonchev–Trinajstić information content (AvgIpc) is 4.08. The van der Waals surface area contributed by atoms with Gasteiger partial charge in [0.15, 0.2) is 11.5 Å². The largest absolute Gasteiger partial charge is 0.489 e. The maximum atomic E-state index is 15.4. The zero-order chi connectivity index (χ0) is 47.6. The third-order valence-electron chi connectivity index (χ3n) is 15.0. The average molecular weight is 943 g/mol. The van der Waals surface area contributed by atoms with Crippen LogP contribution in [0.1, 0.15) is 112 Å². The quantitative estimate of drug-likeness (QED) is 0.0424. The van der Waals surface area contributed by atoms with Crippen molar-refractivity contribution in [1.29, 1.82) is 0 Å². The molecule has 0 saturated heterocycles. The number of amides is 1. The molecule has 3 aliphatic carbocycles. The molecule has 69 heavy (non-hydrogen) atoms. The summed E-state index contributed by atoms with van der Waals surface area (Å²) in [5.41, 5.74) is 4.91. The molecular formula is C57H67FN2O9. The number of hydrogen-bond acceptors (Lipinski definition) is 10. The Kier molecular flexibility index (Phi) is 16.0. The summed E-state index contributed by atoms with van der Waals surface area (Å²) in [5, 5.41) is 25.2. The van der Waals surface area contributed by atoms with Crippen LogP contribution >= 0.6 is 0 Å². The van der Waals surface area contributed by atoms with Crippen LogP contribution in [0.3, 0.4) is 0 Å². The van der Waals surface area contributed by atoms with E-state index in [0.29, 0.717) is 53.7 Å². The number of fused-ring (bicyclic) bond motifs is 3. The van der Waals surface area contributed by atoms with Crippen LogP contribution in [0.25, 0.3) is 0 Å². The van der Waals surface area contributed by atoms with Crippen molar-refractivity contribution in [3.8, 4) is 23.0 Å². The van der Waals surface area contributed by atoms with E-state index < -0.39 is 17.7 Å². The van der Waals surface area contributed by atoms with Gasteiger partial charge in [-0.15, -0.1) is 6.58 Å². The number of unbranched alkanes of at least 4 members (excludes halogenated alkanes) is 2. The van der Waals surface area contributed by atoms with Gasteiger partial charge in [0, 0.05) is 49.6 Å². The summed E-state index contributed by atoms with van der Waals surface area (Å²) in [6.07, 6.45) is 14.7. The van der Waals surface area contributed by atoms with E-state index in [1.807, 2.05) is 71.6 Å². The van der Waals surface area contributed by atoms with E-state index in [1.54, 1.807) is 24.3 Å². The molecular weight excluding hydrogens is 876 g/mol. The topological polar surface area (TPSA) is 129 Å². The summed E-state index contributed by atoms with van der Waals surface area (Å²) in [6.45, 7) is 5.10. The molecule has 366 valence electrons. The third-order valence-corrected chi connectivity index (χ3v) is 15.0. The number of carbonyl (C=O) groups is 1. The molecule has 4 aromatic rings. The number of rotatable bonds is 23. The molecule has 2 aliphatic heterocycles. The van der Waals surface area contributed by atoms with Gasteiger partial charge in [0.1, 0.15) is 36.6 Å². The molecule has 5 aliphatic rings. The standard InChI is InChI=1S/C57H67FN2O9/c1-2-30-67-57-53(60(54(63)27-23-39-14-6-7-15-39)35-41-22-25-51-52(31-41)66-38-65-51)34-49(59-68-36-40-16-4-3-5-17-40)46-32-42(18-10-12-28-61)45(20-11-13-29-62)55(56(46)57)47-33-44(24-26-50(47)69-57)64-37-43-19-8-9-21-48(43)58/h2-5,8-9,16-17,19,21-22,24-26,31-33,39,42,45,53,55-56,61-62H,1,6-7,10-15,18,20,23,27-30,34-38H2. The van der Waals surface area contributed by atoms with E-state index in [2.05, 4.69) is 12.7 Å². The second-order valence-electron chi connectivity index (χ2n) is 19.3. The molecule has 2 N–H and O–H groups in total. The minimum atomic E-state index is -1.43. The summed E-state index contributed by atoms with van der Waals surface area (Å²) in [6, 6.07) is 27.6. The number of carbonyl (C=O) groups excluding carboxylic acids is 1. The number of aliphatic hydroxyl groups excluding tert-OH is 2. The van der Waals surface area contributed by atoms with Crippen LogP contribution in [0.4, 0.5) is 4.39 Å². The smallest absolute Gasteiger partial charge is 0.239 e. The molecule has 0 aromatic heterocycles. The Morgan fingerprint density at radius 1 is 0.855 bits per heavy atom. The number of aliphatic hydroxyl groups is 2. The van der Waals surface area contributed by atoms with Gasteiger partial charge in [-0.1, -0.05) is 110 Å². The van der Waals surface area contributed by atoms with Gasteiger partial charge in [0.2, 0.25) is 18.5 Å². The SMILES string of the molecule is C=CCOC12Oc3ccc(OCc4ccccc4F)cc3C3C(CCCCO)C(CCCCO)C=C(C(=NOCc4ccccc4)CC1N(Cc1ccc4c(c1)OCO4)C(=O)CCC1CCCC1)C32. The fraction of sp³-hybridized carbons (Fsp3) is 0.474. The van der Waals surface area contributed by atoms with E-state index in [4.69, 9.17) is 33.7 Å². The van der Waals surface area contributed by atoms with Crippen LogP contribution in [0.2, 0.25) is 0 Å². The maximum Gasteiger partial charge on any atom is 0.239 e. The first-order valence-corrected chi connectivity index (χ1v) is 25.2. The number of allylic oxidation sites excluding steroid dienone is 1. The van der Waals surface area contributed by atoms with Crippen LogP contribution in [-0.2, 0) is 34.1 Å². The van der Waals surface area contributed by atoms with Gasteiger partial charge in [-0.25, -0.2) is 4.39 Å². The van der Waals surface area contributed by atoms with Gasteiger partial charge in [-0.05, 0) is 103 Å². The Morgan fingerprint density at radius 3 is 2.42 bits per heavy atom. The number of benzene rings is 4. The van der Waals surface area contributed by atoms with Crippen molar-refractivity contribution < 1.29 is 47.9 Å². The van der Waals surface area contributed by atoms with Crippen molar-refractivity contribution in [2.75, 3.05) is 26.6 Å². The van der Waals surface area contributed by atoms with Crippen molar-refractivity contribution in [1.82, 2.24) is 4.90 Å². The second kappa shape index (κ2) is 22.8. The molecule has 2 heterocycles. The maximum absolute atomic E-state index is 15.4. The minimum absolute atomic E-state index is 0.00292. The van der Waals surface area contributed by atoms with Crippen LogP contribution in [0, 0.1) is 29.5 Å². The highest BCUT2D eigenvalue weighted by Gasteiger charge is 2.65. The Bertz CT molecular complexity index is 2440. The monoisotopic (exact) mass is 942 g/mol. The minimum Gasteiger partial charge on any atom is -0.489 e. The zero-order valence-electron chi connectivity index (χ0n) is 39.7. The lowest BCUT2D eigenvalue weighted by Crippen LogP contribution is -2.70. The van der Waals surface area contributed by atoms with E-state index in [-0.39, 0.29) is 82.3 Å². The molecule has 0 radical (unpaired) electrons. The van der Waals surface area contributed by atoms with E-state index in [1.165, 1.54) is 18.9 Å². The fourth-order valence-corrected chi connectivity index (χ4v) is 11.7. The van der Waals surface area contributed by atoms with Crippen molar-refractivity contribution in [2.45, 2.75) is 121 Å². The van der Waals surface area contributed by atoms with Crippen LogP contribution in [0.5, 0.6) is 23.0 Å². The summed E-state index contributed by atoms with van der Waals surface area (Å²) in [5.74, 6) is 0.528. The molecule has 2 saturated carbocycles. The number of nitrogens with zero attached hydrogens (tertiary/aromatic N) is 2. The van der Waals surface area contributed by atoms with Gasteiger partial charge in [-0.3, -0.25) is 4.79 Å². The first-order chi connectivity index (χ1) is 33.9. The van der Waals surface area contributed by atoms with Crippen LogP contribution in [0.15, 0.2) is 120 Å². The molecule has 0 spiro atoms. The summed E-state index contributed by atoms with van der Waals surface area (Å²) in [7, 11) is 0. The number of halogens is 1. The van der Waals surface area contributed by atoms with Crippen molar-refractivity contribution >= 4 is 11.6 Å². The number of ether oxygens (including phenoxy) is 5. The van der Waals surface area contributed by atoms with Gasteiger partial charge in [-0.2, -0.15) is 0 Å². The Balaban J connectivity index is 1.21. The highest BCUT2D eigenvalue weighted by atomic mass is 19.1. The predicted molar refractivity (Wildman–Crippen MR) is 261 cm³/mol. The van der Waals surface area contributed by atoms with E-state index in [9.17, 15) is 14.6 Å². The Labute approximate surface area is 405 Å². The second-order valence-corrected chi connectivity index (χ2v) is 19.3. The highest BCUT2D eigenvalue weighted by molar-refractivity contribution is 6.03. The molecule has 0 bridgehead atoms. The molecule has 4 aromatic carbocycles. The Morgan fingerprint density at radius 2 is 1.62 bits per heavy atom. The van der Waals surface area contributed by atoms with Crippen molar-refractivity contribution in [3.05, 3.63) is 143 Å². The zero-order valence-corrected chi connectivity index (χ0v) is 39.7. The fourth-order valence-electron chi connectivity index (χ4n) is 11.7. The van der Waals surface area contributed by atoms with Crippen LogP contribution in [-0.4, -0.2) is 65.2 Å². The van der Waals surface area contributed by atoms with E-state index >= 15 is 4.79 Å². The summed E-state index contributed by atoms with van der Waals surface area (Å²) >= 11 is 0. The third kappa shape index (κ3) is 10.9. The number of oxime groups is 1. The molecule has 1 amide bonds. The van der Waals surface area contributed by atoms with Gasteiger partial charge in [0.25, 0.3) is 0 Å². The van der Waals surface area contributed by atoms with Gasteiger partial charge >= 0.3 is 0 Å². The van der Waals surface area contributed by atoms with Gasteiger partial charge in [0.05, 0.1) is 18.2 Å². The summed E-state index contributed by atoms with van der Waals surface area (Å²) in [4.78, 5) is 23.7. The first-order valence-electron chi connectivity index (χ1n) is 25.2. The van der Waals surface area contributed by atoms with E-state index in [0.717, 1.165) is 72.9 Å². The summed E-state index contributed by atoms with van der Waals surface area (Å²) < 4.78 is 47.7. The molecule has 12 heteroatoms. The molecule has 2 fully saturated rings. The molecule has 11 nitrogen and oxygen atoms in total. The lowest BCUT2D eigenvalue weighted by molar-refractivity contribution is -0.258. The highest BCUT2D eigenvalue weighted by Crippen LogP contribution is 2.62. The van der Waals surface area contributed by atoms with Crippen molar-refractivity contribution in [2.24, 2.45) is 28.8 Å². The molecule has 6 unspecified atom stereocenters.